The lowest BCUT2D eigenvalue weighted by Crippen LogP contribution is -2.10. The number of nitrogens with zero attached hydrogens (tertiary/aromatic N) is 3. The Kier molecular flexibility index (Phi) is 5.20. The molecule has 0 unspecified atom stereocenters. The van der Waals surface area contributed by atoms with Crippen LogP contribution in [0, 0.1) is 19.7 Å². The molecule has 1 amide bonds. The van der Waals surface area contributed by atoms with Gasteiger partial charge < -0.3 is 5.32 Å². The Labute approximate surface area is 208 Å². The van der Waals surface area contributed by atoms with Gasteiger partial charge in [0.15, 0.2) is 0 Å². The summed E-state index contributed by atoms with van der Waals surface area (Å²) in [5.74, 6) is -0.483. The zero-order chi connectivity index (χ0) is 24.1. The zero-order valence-electron chi connectivity index (χ0n) is 18.9. The van der Waals surface area contributed by atoms with Gasteiger partial charge in [0.25, 0.3) is 5.91 Å². The number of halogens is 1. The summed E-state index contributed by atoms with van der Waals surface area (Å²) in [6, 6.07) is 22.0. The van der Waals surface area contributed by atoms with Gasteiger partial charge in [0, 0.05) is 16.6 Å². The second-order valence-electron chi connectivity index (χ2n) is 8.32. The summed E-state index contributed by atoms with van der Waals surface area (Å²) in [5, 5.41) is 9.40. The van der Waals surface area contributed by atoms with Crippen molar-refractivity contribution in [2.75, 3.05) is 5.32 Å². The van der Waals surface area contributed by atoms with E-state index in [-0.39, 0.29) is 11.7 Å². The highest BCUT2D eigenvalue weighted by atomic mass is 32.1. The van der Waals surface area contributed by atoms with Gasteiger partial charge in [-0.1, -0.05) is 6.07 Å². The second-order valence-corrected chi connectivity index (χ2v) is 10.4. The molecule has 0 aliphatic rings. The zero-order valence-corrected chi connectivity index (χ0v) is 20.5. The van der Waals surface area contributed by atoms with E-state index in [1.54, 1.807) is 28.2 Å². The smallest absolute Gasteiger partial charge is 0.265 e. The Hall–Kier alpha value is -3.88. The summed E-state index contributed by atoms with van der Waals surface area (Å²) in [5.41, 5.74) is 5.50. The van der Waals surface area contributed by atoms with Gasteiger partial charge in [-0.2, -0.15) is 5.10 Å². The average molecular weight is 499 g/mol. The summed E-state index contributed by atoms with van der Waals surface area (Å²) in [7, 11) is 0. The summed E-state index contributed by atoms with van der Waals surface area (Å²) < 4.78 is 16.3. The molecule has 6 aromatic rings. The number of thiophene rings is 1. The van der Waals surface area contributed by atoms with Crippen LogP contribution in [-0.2, 0) is 0 Å². The predicted octanol–water partition coefficient (Wildman–Crippen LogP) is 7.37. The molecule has 6 rings (SSSR count). The summed E-state index contributed by atoms with van der Waals surface area (Å²) in [6.07, 6.45) is 0. The Morgan fingerprint density at radius 1 is 0.943 bits per heavy atom. The molecule has 8 heteroatoms. The van der Waals surface area contributed by atoms with Crippen molar-refractivity contribution < 1.29 is 9.18 Å². The van der Waals surface area contributed by atoms with Gasteiger partial charge >= 0.3 is 0 Å². The lowest BCUT2D eigenvalue weighted by atomic mass is 10.2. The molecule has 0 aliphatic heterocycles. The van der Waals surface area contributed by atoms with Crippen LogP contribution in [-0.4, -0.2) is 20.7 Å². The van der Waals surface area contributed by atoms with Gasteiger partial charge in [-0.05, 0) is 86.1 Å². The van der Waals surface area contributed by atoms with Crippen molar-refractivity contribution in [1.82, 2.24) is 14.8 Å². The van der Waals surface area contributed by atoms with Crippen molar-refractivity contribution in [3.05, 3.63) is 94.7 Å². The van der Waals surface area contributed by atoms with E-state index in [0.717, 1.165) is 42.4 Å². The predicted molar refractivity (Wildman–Crippen MR) is 141 cm³/mol. The van der Waals surface area contributed by atoms with Crippen LogP contribution in [0.3, 0.4) is 0 Å². The minimum Gasteiger partial charge on any atom is -0.321 e. The molecule has 0 fully saturated rings. The first-order valence-corrected chi connectivity index (χ1v) is 12.6. The fourth-order valence-corrected chi connectivity index (χ4v) is 6.11. The van der Waals surface area contributed by atoms with E-state index in [2.05, 4.69) is 29.5 Å². The van der Waals surface area contributed by atoms with E-state index in [9.17, 15) is 9.18 Å². The fraction of sp³-hybridized carbons (Fsp3) is 0.0741. The number of benzene rings is 3. The van der Waals surface area contributed by atoms with Gasteiger partial charge in [0.05, 0.1) is 26.5 Å². The number of amides is 1. The van der Waals surface area contributed by atoms with Crippen molar-refractivity contribution in [2.45, 2.75) is 13.8 Å². The van der Waals surface area contributed by atoms with Gasteiger partial charge in [-0.25, -0.2) is 14.1 Å². The normalized spacial score (nSPS) is 11.4. The quantitative estimate of drug-likeness (QED) is 0.276. The van der Waals surface area contributed by atoms with Crippen LogP contribution >= 0.6 is 22.7 Å². The molecule has 0 atom stereocenters. The molecule has 0 spiro atoms. The number of thiazole rings is 1. The number of nitrogens with one attached hydrogen (secondary N) is 1. The lowest BCUT2D eigenvalue weighted by molar-refractivity contribution is 0.103. The third-order valence-corrected chi connectivity index (χ3v) is 7.95. The molecule has 3 aromatic carbocycles. The summed E-state index contributed by atoms with van der Waals surface area (Å²) >= 11 is 3.02. The molecule has 5 nitrogen and oxygen atoms in total. The maximum absolute atomic E-state index is 13.3. The number of fused-ring (bicyclic) bond motifs is 2. The van der Waals surface area contributed by atoms with Gasteiger partial charge in [-0.3, -0.25) is 4.79 Å². The van der Waals surface area contributed by atoms with Crippen LogP contribution in [0.5, 0.6) is 0 Å². The first-order valence-electron chi connectivity index (χ1n) is 11.0. The highest BCUT2D eigenvalue weighted by molar-refractivity contribution is 7.21. The van der Waals surface area contributed by atoms with Gasteiger partial charge in [0.1, 0.15) is 15.7 Å². The van der Waals surface area contributed by atoms with Crippen LogP contribution < -0.4 is 5.32 Å². The molecular weight excluding hydrogens is 479 g/mol. The fourth-order valence-electron chi connectivity index (χ4n) is 3.96. The maximum atomic E-state index is 13.3. The number of anilines is 1. The largest absolute Gasteiger partial charge is 0.321 e. The van der Waals surface area contributed by atoms with Gasteiger partial charge in [0.2, 0.25) is 0 Å². The minimum absolute atomic E-state index is 0.181. The molecule has 35 heavy (non-hydrogen) atoms. The van der Waals surface area contributed by atoms with E-state index in [1.807, 2.05) is 43.3 Å². The van der Waals surface area contributed by atoms with E-state index in [1.165, 1.54) is 29.0 Å². The number of aromatic nitrogens is 3. The molecule has 3 heterocycles. The van der Waals surface area contributed by atoms with Crippen molar-refractivity contribution >= 4 is 54.7 Å². The first-order chi connectivity index (χ1) is 16.9. The lowest BCUT2D eigenvalue weighted by Gasteiger charge is -2.05. The second kappa shape index (κ2) is 8.41. The molecule has 1 N–H and O–H groups in total. The van der Waals surface area contributed by atoms with E-state index >= 15 is 0 Å². The Balaban J connectivity index is 1.24. The van der Waals surface area contributed by atoms with Crippen molar-refractivity contribution in [3.8, 4) is 16.3 Å². The summed E-state index contributed by atoms with van der Waals surface area (Å²) in [4.78, 5) is 19.2. The van der Waals surface area contributed by atoms with Crippen molar-refractivity contribution in [2.24, 2.45) is 0 Å². The van der Waals surface area contributed by atoms with Crippen LogP contribution in [0.25, 0.3) is 36.7 Å². The maximum Gasteiger partial charge on any atom is 0.265 e. The molecule has 0 saturated heterocycles. The average Bonchev–Trinajstić information content (AvgIpc) is 3.55. The summed E-state index contributed by atoms with van der Waals surface area (Å²) in [6.45, 7) is 3.98. The molecule has 172 valence electrons. The Morgan fingerprint density at radius 3 is 2.49 bits per heavy atom. The topological polar surface area (TPSA) is 59.8 Å². The molecule has 0 bridgehead atoms. The number of rotatable bonds is 4. The molecular formula is C27H19FN4OS2. The number of hydrogen-bond acceptors (Lipinski definition) is 5. The first kappa shape index (κ1) is 21.6. The third kappa shape index (κ3) is 4.00. The number of carbonyl (C=O) groups is 1. The van der Waals surface area contributed by atoms with Crippen LogP contribution in [0.15, 0.2) is 72.8 Å². The van der Waals surface area contributed by atoms with Crippen molar-refractivity contribution in [3.63, 3.8) is 0 Å². The number of hydrogen-bond donors (Lipinski definition) is 1. The minimum atomic E-state index is -0.302. The third-order valence-electron chi connectivity index (χ3n) is 5.77. The van der Waals surface area contributed by atoms with E-state index in [4.69, 9.17) is 4.98 Å². The van der Waals surface area contributed by atoms with E-state index < -0.39 is 0 Å². The molecule has 0 saturated carbocycles. The van der Waals surface area contributed by atoms with Crippen molar-refractivity contribution in [1.29, 1.82) is 0 Å². The van der Waals surface area contributed by atoms with Crippen LogP contribution in [0.4, 0.5) is 10.1 Å². The molecule has 0 radical (unpaired) electrons. The van der Waals surface area contributed by atoms with Crippen LogP contribution in [0.1, 0.15) is 20.9 Å². The monoisotopic (exact) mass is 498 g/mol. The Bertz CT molecular complexity index is 1710. The van der Waals surface area contributed by atoms with E-state index in [0.29, 0.717) is 10.6 Å². The SMILES string of the molecule is Cc1ccc2nc(-c3ccc(NC(=O)c4cc5c(C)nn(-c6ccc(F)cc6)c5s4)cc3)sc2c1. The highest BCUT2D eigenvalue weighted by Gasteiger charge is 2.17. The number of carbonyl (C=O) groups excluding carboxylic acids is 1. The van der Waals surface area contributed by atoms with Gasteiger partial charge in [-0.15, -0.1) is 22.7 Å². The molecule has 3 aromatic heterocycles. The Morgan fingerprint density at radius 2 is 1.71 bits per heavy atom. The number of aryl methyl sites for hydroxylation is 2. The van der Waals surface area contributed by atoms with Crippen LogP contribution in [0.2, 0.25) is 0 Å². The standard InChI is InChI=1S/C27H19FN4OS2/c1-15-3-12-22-23(13-15)34-26(30-22)17-4-8-19(9-5-17)29-25(33)24-14-21-16(2)31-32(27(21)35-24)20-10-6-18(28)7-11-20/h3-14H,1-2H3,(H,29,33). The molecule has 0 aliphatic carbocycles. The highest BCUT2D eigenvalue weighted by Crippen LogP contribution is 2.33.